The van der Waals surface area contributed by atoms with Gasteiger partial charge in [0.2, 0.25) is 0 Å². The zero-order chi connectivity index (χ0) is 16.6. The van der Waals surface area contributed by atoms with E-state index >= 15 is 0 Å². The second kappa shape index (κ2) is 5.51. The molecular weight excluding hydrogens is 290 g/mol. The lowest BCUT2D eigenvalue weighted by atomic mass is 9.86. The highest BCUT2D eigenvalue weighted by Crippen LogP contribution is 2.64. The van der Waals surface area contributed by atoms with E-state index in [1.165, 1.54) is 5.56 Å². The van der Waals surface area contributed by atoms with Gasteiger partial charge in [-0.15, -0.1) is 0 Å². The number of benzene rings is 3. The molecule has 0 aromatic heterocycles. The molecule has 0 saturated carbocycles. The molecule has 1 heteroatoms. The molecule has 0 amide bonds. The molecule has 0 heterocycles. The molecule has 0 aliphatic heterocycles. The number of nitriles is 1. The third-order valence-corrected chi connectivity index (χ3v) is 4.71. The van der Waals surface area contributed by atoms with Crippen molar-refractivity contribution in [2.75, 3.05) is 0 Å². The van der Waals surface area contributed by atoms with E-state index in [1.807, 2.05) is 48.5 Å². The molecule has 1 aliphatic carbocycles. The Hall–Kier alpha value is -3.11. The Labute approximate surface area is 142 Å². The van der Waals surface area contributed by atoms with E-state index < -0.39 is 5.41 Å². The predicted molar refractivity (Wildman–Crippen MR) is 98.2 cm³/mol. The summed E-state index contributed by atoms with van der Waals surface area (Å²) in [5.41, 5.74) is 6.13. The Morgan fingerprint density at radius 3 is 1.71 bits per heavy atom. The average molecular weight is 307 g/mol. The van der Waals surface area contributed by atoms with Crippen LogP contribution in [0.2, 0.25) is 0 Å². The van der Waals surface area contributed by atoms with Crippen LogP contribution in [0.1, 0.15) is 22.3 Å². The number of rotatable bonds is 3. The van der Waals surface area contributed by atoms with Gasteiger partial charge in [0.05, 0.1) is 6.07 Å². The minimum atomic E-state index is -0.641. The largest absolute Gasteiger partial charge is 0.197 e. The molecule has 0 fully saturated rings. The van der Waals surface area contributed by atoms with Crippen LogP contribution in [0, 0.1) is 18.3 Å². The summed E-state index contributed by atoms with van der Waals surface area (Å²) in [6.07, 6.45) is 0. The molecule has 24 heavy (non-hydrogen) atoms. The molecule has 1 atom stereocenters. The van der Waals surface area contributed by atoms with Crippen molar-refractivity contribution >= 4 is 11.1 Å². The van der Waals surface area contributed by atoms with E-state index in [4.69, 9.17) is 0 Å². The van der Waals surface area contributed by atoms with Crippen molar-refractivity contribution in [1.82, 2.24) is 0 Å². The maximum Gasteiger partial charge on any atom is 0.134 e. The van der Waals surface area contributed by atoms with Crippen molar-refractivity contribution in [2.24, 2.45) is 0 Å². The second-order valence-electron chi connectivity index (χ2n) is 6.21. The molecule has 114 valence electrons. The van der Waals surface area contributed by atoms with Gasteiger partial charge in [0.25, 0.3) is 0 Å². The summed E-state index contributed by atoms with van der Waals surface area (Å²) >= 11 is 0. The van der Waals surface area contributed by atoms with Crippen LogP contribution >= 0.6 is 0 Å². The molecule has 0 bridgehead atoms. The molecule has 3 aromatic carbocycles. The molecule has 4 rings (SSSR count). The van der Waals surface area contributed by atoms with Crippen molar-refractivity contribution in [2.45, 2.75) is 12.3 Å². The van der Waals surface area contributed by atoms with Gasteiger partial charge in [-0.3, -0.25) is 0 Å². The Kier molecular flexibility index (Phi) is 3.32. The number of allylic oxidation sites excluding steroid dienone is 2. The van der Waals surface area contributed by atoms with Gasteiger partial charge in [-0.1, -0.05) is 90.5 Å². The highest BCUT2D eigenvalue weighted by atomic mass is 14.6. The van der Waals surface area contributed by atoms with Crippen LogP contribution in [-0.4, -0.2) is 0 Å². The molecule has 0 radical (unpaired) electrons. The summed E-state index contributed by atoms with van der Waals surface area (Å²) in [6, 6.07) is 31.4. The summed E-state index contributed by atoms with van der Waals surface area (Å²) in [6.45, 7) is 2.08. The summed E-state index contributed by atoms with van der Waals surface area (Å²) in [5.74, 6) is 0. The van der Waals surface area contributed by atoms with Crippen LogP contribution in [0.5, 0.6) is 0 Å². The number of aryl methyl sites for hydroxylation is 1. The van der Waals surface area contributed by atoms with Crippen LogP contribution in [0.15, 0.2) is 84.9 Å². The van der Waals surface area contributed by atoms with Crippen LogP contribution < -0.4 is 0 Å². The fourth-order valence-electron chi connectivity index (χ4n) is 3.48. The molecule has 3 aromatic rings. The Bertz CT molecular complexity index is 944. The van der Waals surface area contributed by atoms with E-state index in [0.29, 0.717) is 0 Å². The maximum atomic E-state index is 10.1. The highest BCUT2D eigenvalue weighted by molar-refractivity contribution is 6.21. The zero-order valence-corrected chi connectivity index (χ0v) is 13.5. The monoisotopic (exact) mass is 307 g/mol. The van der Waals surface area contributed by atoms with Gasteiger partial charge < -0.3 is 0 Å². The van der Waals surface area contributed by atoms with Crippen molar-refractivity contribution in [3.05, 3.63) is 107 Å². The summed E-state index contributed by atoms with van der Waals surface area (Å²) in [4.78, 5) is 0. The summed E-state index contributed by atoms with van der Waals surface area (Å²) in [5, 5.41) is 10.1. The minimum absolute atomic E-state index is 0.641. The fraction of sp³-hybridized carbons (Fsp3) is 0.0870. The van der Waals surface area contributed by atoms with Gasteiger partial charge in [-0.2, -0.15) is 5.26 Å². The van der Waals surface area contributed by atoms with Gasteiger partial charge in [0.1, 0.15) is 5.41 Å². The normalized spacial score (nSPS) is 19.0. The first-order chi connectivity index (χ1) is 11.8. The average Bonchev–Trinajstić information content (AvgIpc) is 3.34. The Morgan fingerprint density at radius 2 is 1.17 bits per heavy atom. The SMILES string of the molecule is Cc1ccc(C2=C(c3ccccc3)C2(C#N)c2ccccc2)cc1. The van der Waals surface area contributed by atoms with Gasteiger partial charge in [-0.25, -0.2) is 0 Å². The molecule has 1 nitrogen and oxygen atoms in total. The van der Waals surface area contributed by atoms with Crippen LogP contribution in [0.25, 0.3) is 11.1 Å². The fourth-order valence-corrected chi connectivity index (χ4v) is 3.48. The van der Waals surface area contributed by atoms with Crippen LogP contribution in [0.3, 0.4) is 0 Å². The molecule has 1 aliphatic rings. The summed E-state index contributed by atoms with van der Waals surface area (Å²) < 4.78 is 0. The van der Waals surface area contributed by atoms with Gasteiger partial charge in [-0.05, 0) is 34.8 Å². The lowest BCUT2D eigenvalue weighted by Crippen LogP contribution is -2.10. The Morgan fingerprint density at radius 1 is 0.667 bits per heavy atom. The molecule has 1 unspecified atom stereocenters. The smallest absolute Gasteiger partial charge is 0.134 e. The minimum Gasteiger partial charge on any atom is -0.197 e. The first-order valence-electron chi connectivity index (χ1n) is 8.12. The highest BCUT2D eigenvalue weighted by Gasteiger charge is 2.56. The van der Waals surface area contributed by atoms with Crippen LogP contribution in [-0.2, 0) is 5.41 Å². The van der Waals surface area contributed by atoms with E-state index in [0.717, 1.165) is 27.8 Å². The van der Waals surface area contributed by atoms with E-state index in [-0.39, 0.29) is 0 Å². The molecule has 0 spiro atoms. The van der Waals surface area contributed by atoms with Gasteiger partial charge in [0, 0.05) is 0 Å². The predicted octanol–water partition coefficient (Wildman–Crippen LogP) is 5.38. The third kappa shape index (κ3) is 2.08. The topological polar surface area (TPSA) is 23.8 Å². The molecule has 0 N–H and O–H groups in total. The van der Waals surface area contributed by atoms with Crippen molar-refractivity contribution in [3.8, 4) is 6.07 Å². The quantitative estimate of drug-likeness (QED) is 0.637. The lowest BCUT2D eigenvalue weighted by molar-refractivity contribution is 1.02. The standard InChI is InChI=1S/C23H17N/c1-17-12-14-19(15-13-17)22-21(18-8-4-2-5-9-18)23(22,16-24)20-10-6-3-7-11-20/h2-15H,1H3. The van der Waals surface area contributed by atoms with Crippen molar-refractivity contribution in [3.63, 3.8) is 0 Å². The van der Waals surface area contributed by atoms with Gasteiger partial charge in [0.15, 0.2) is 0 Å². The zero-order valence-electron chi connectivity index (χ0n) is 13.5. The molecular formula is C23H17N. The van der Waals surface area contributed by atoms with Gasteiger partial charge >= 0.3 is 0 Å². The third-order valence-electron chi connectivity index (χ3n) is 4.71. The Balaban J connectivity index is 1.92. The first kappa shape index (κ1) is 14.5. The number of hydrogen-bond donors (Lipinski definition) is 0. The van der Waals surface area contributed by atoms with Crippen LogP contribution in [0.4, 0.5) is 0 Å². The first-order valence-corrected chi connectivity index (χ1v) is 8.12. The maximum absolute atomic E-state index is 10.1. The van der Waals surface area contributed by atoms with E-state index in [2.05, 4.69) is 49.4 Å². The summed E-state index contributed by atoms with van der Waals surface area (Å²) in [7, 11) is 0. The van der Waals surface area contributed by atoms with E-state index in [9.17, 15) is 5.26 Å². The lowest BCUT2D eigenvalue weighted by Gasteiger charge is -2.13. The van der Waals surface area contributed by atoms with E-state index in [1.54, 1.807) is 0 Å². The molecule has 0 saturated heterocycles. The van der Waals surface area contributed by atoms with Crippen molar-refractivity contribution < 1.29 is 0 Å². The van der Waals surface area contributed by atoms with Crippen molar-refractivity contribution in [1.29, 1.82) is 5.26 Å². The number of nitrogens with zero attached hydrogens (tertiary/aromatic N) is 1. The number of hydrogen-bond acceptors (Lipinski definition) is 1. The second-order valence-corrected chi connectivity index (χ2v) is 6.21.